The van der Waals surface area contributed by atoms with Crippen molar-refractivity contribution in [2.75, 3.05) is 17.2 Å². The predicted octanol–water partition coefficient (Wildman–Crippen LogP) is 3.79. The number of thiocarbonyl (C=S) groups is 1. The van der Waals surface area contributed by atoms with Crippen LogP contribution in [0.2, 0.25) is 0 Å². The Morgan fingerprint density at radius 1 is 1.00 bits per heavy atom. The summed E-state index contributed by atoms with van der Waals surface area (Å²) in [4.78, 5) is 12.1. The first-order valence-electron chi connectivity index (χ1n) is 8.00. The molecule has 2 aromatic rings. The van der Waals surface area contributed by atoms with Gasteiger partial charge in [-0.3, -0.25) is 4.79 Å². The van der Waals surface area contributed by atoms with Crippen LogP contribution >= 0.6 is 12.2 Å². The second-order valence-corrected chi connectivity index (χ2v) is 6.02. The molecule has 0 saturated heterocycles. The summed E-state index contributed by atoms with van der Waals surface area (Å²) < 4.78 is 0. The molecule has 24 heavy (non-hydrogen) atoms. The zero-order valence-corrected chi connectivity index (χ0v) is 15.1. The van der Waals surface area contributed by atoms with Gasteiger partial charge >= 0.3 is 0 Å². The first-order valence-corrected chi connectivity index (χ1v) is 8.41. The molecule has 126 valence electrons. The highest BCUT2D eigenvalue weighted by molar-refractivity contribution is 7.80. The minimum atomic E-state index is -0.124. The second kappa shape index (κ2) is 8.45. The summed E-state index contributed by atoms with van der Waals surface area (Å²) in [6.45, 7) is 6.27. The van der Waals surface area contributed by atoms with Crippen molar-refractivity contribution < 1.29 is 4.79 Å². The Morgan fingerprint density at radius 2 is 1.71 bits per heavy atom. The highest BCUT2D eigenvalue weighted by Crippen LogP contribution is 2.18. The average molecular weight is 341 g/mol. The van der Waals surface area contributed by atoms with E-state index in [0.717, 1.165) is 28.9 Å². The van der Waals surface area contributed by atoms with Gasteiger partial charge in [-0.05, 0) is 61.3 Å². The molecule has 0 aliphatic heterocycles. The van der Waals surface area contributed by atoms with Crippen molar-refractivity contribution in [1.29, 1.82) is 0 Å². The van der Waals surface area contributed by atoms with E-state index in [2.05, 4.69) is 35.9 Å². The van der Waals surface area contributed by atoms with E-state index in [1.165, 1.54) is 5.56 Å². The molecule has 0 unspecified atom stereocenters. The highest BCUT2D eigenvalue weighted by atomic mass is 32.1. The zero-order chi connectivity index (χ0) is 17.5. The molecule has 2 aromatic carbocycles. The zero-order valence-electron chi connectivity index (χ0n) is 14.3. The van der Waals surface area contributed by atoms with E-state index >= 15 is 0 Å². The van der Waals surface area contributed by atoms with E-state index in [1.807, 2.05) is 43.3 Å². The van der Waals surface area contributed by atoms with Crippen LogP contribution in [0.25, 0.3) is 0 Å². The number of aryl methyl sites for hydroxylation is 2. The molecule has 0 aliphatic carbocycles. The Labute approximate surface area is 148 Å². The number of rotatable bonds is 5. The number of para-hydroxylation sites is 1. The molecule has 0 fully saturated rings. The van der Waals surface area contributed by atoms with Gasteiger partial charge in [0.05, 0.1) is 6.54 Å². The molecule has 5 heteroatoms. The molecule has 4 nitrogen and oxygen atoms in total. The van der Waals surface area contributed by atoms with Crippen LogP contribution in [-0.4, -0.2) is 17.6 Å². The van der Waals surface area contributed by atoms with Gasteiger partial charge in [0, 0.05) is 11.4 Å². The number of hydrogen-bond donors (Lipinski definition) is 3. The number of nitrogens with one attached hydrogen (secondary N) is 3. The van der Waals surface area contributed by atoms with E-state index in [0.29, 0.717) is 5.11 Å². The first kappa shape index (κ1) is 17.9. The third kappa shape index (κ3) is 4.80. The summed E-state index contributed by atoms with van der Waals surface area (Å²) >= 11 is 5.27. The molecular weight excluding hydrogens is 318 g/mol. The number of hydrogen-bond acceptors (Lipinski definition) is 2. The average Bonchev–Trinajstić information content (AvgIpc) is 2.58. The molecule has 3 N–H and O–H groups in total. The molecule has 0 saturated carbocycles. The number of amides is 1. The second-order valence-electron chi connectivity index (χ2n) is 5.61. The third-order valence-electron chi connectivity index (χ3n) is 3.93. The van der Waals surface area contributed by atoms with Gasteiger partial charge < -0.3 is 16.0 Å². The van der Waals surface area contributed by atoms with Gasteiger partial charge in [0.25, 0.3) is 0 Å². The van der Waals surface area contributed by atoms with Crippen molar-refractivity contribution in [3.05, 3.63) is 59.2 Å². The van der Waals surface area contributed by atoms with Crippen LogP contribution in [0.1, 0.15) is 23.6 Å². The van der Waals surface area contributed by atoms with Gasteiger partial charge in [-0.15, -0.1) is 0 Å². The predicted molar refractivity (Wildman–Crippen MR) is 105 cm³/mol. The molecule has 0 heterocycles. The van der Waals surface area contributed by atoms with E-state index in [-0.39, 0.29) is 12.5 Å². The number of anilines is 2. The van der Waals surface area contributed by atoms with Crippen LogP contribution in [0.4, 0.5) is 11.4 Å². The first-order chi connectivity index (χ1) is 11.5. The Hall–Kier alpha value is -2.40. The van der Waals surface area contributed by atoms with Gasteiger partial charge in [-0.25, -0.2) is 0 Å². The molecule has 0 atom stereocenters. The summed E-state index contributed by atoms with van der Waals surface area (Å²) in [5.41, 5.74) is 5.24. The van der Waals surface area contributed by atoms with Crippen LogP contribution in [0, 0.1) is 13.8 Å². The third-order valence-corrected chi connectivity index (χ3v) is 4.18. The summed E-state index contributed by atoms with van der Waals surface area (Å²) in [6.07, 6.45) is 0.872. The lowest BCUT2D eigenvalue weighted by atomic mass is 10.1. The minimum absolute atomic E-state index is 0.120. The largest absolute Gasteiger partial charge is 0.353 e. The van der Waals surface area contributed by atoms with Crippen LogP contribution < -0.4 is 16.0 Å². The molecule has 0 bridgehead atoms. The summed E-state index contributed by atoms with van der Waals surface area (Å²) in [5, 5.41) is 9.42. The van der Waals surface area contributed by atoms with Crippen molar-refractivity contribution in [3.63, 3.8) is 0 Å². The lowest BCUT2D eigenvalue weighted by Gasteiger charge is -2.14. The van der Waals surface area contributed by atoms with Gasteiger partial charge in [0.2, 0.25) is 5.91 Å². The van der Waals surface area contributed by atoms with Gasteiger partial charge in [0.1, 0.15) is 0 Å². The van der Waals surface area contributed by atoms with Crippen molar-refractivity contribution >= 4 is 34.6 Å². The maximum atomic E-state index is 12.1. The highest BCUT2D eigenvalue weighted by Gasteiger charge is 2.07. The van der Waals surface area contributed by atoms with E-state index in [9.17, 15) is 4.79 Å². The van der Waals surface area contributed by atoms with Gasteiger partial charge in [-0.2, -0.15) is 0 Å². The molecule has 1 amide bonds. The molecule has 0 aliphatic rings. The number of carbonyl (C=O) groups excluding carboxylic acids is 1. The van der Waals surface area contributed by atoms with Crippen molar-refractivity contribution in [3.8, 4) is 0 Å². The fraction of sp³-hybridized carbons (Fsp3) is 0.263. The molecule has 0 aromatic heterocycles. The molecule has 0 spiro atoms. The number of benzene rings is 2. The Balaban J connectivity index is 1.87. The van der Waals surface area contributed by atoms with Crippen LogP contribution in [0.5, 0.6) is 0 Å². The summed E-state index contributed by atoms with van der Waals surface area (Å²) in [5.74, 6) is -0.124. The fourth-order valence-electron chi connectivity index (χ4n) is 2.36. The fourth-order valence-corrected chi connectivity index (χ4v) is 2.54. The molecule has 2 rings (SSSR count). The van der Waals surface area contributed by atoms with Gasteiger partial charge in [0.15, 0.2) is 5.11 Å². The normalized spacial score (nSPS) is 10.1. The van der Waals surface area contributed by atoms with Crippen molar-refractivity contribution in [1.82, 2.24) is 5.32 Å². The maximum absolute atomic E-state index is 12.1. The Morgan fingerprint density at radius 3 is 2.46 bits per heavy atom. The lowest BCUT2D eigenvalue weighted by molar-refractivity contribution is -0.115. The molecular formula is C19H23N3OS. The topological polar surface area (TPSA) is 53.2 Å². The van der Waals surface area contributed by atoms with E-state index in [4.69, 9.17) is 12.2 Å². The Bertz CT molecular complexity index is 743. The van der Waals surface area contributed by atoms with E-state index < -0.39 is 0 Å². The minimum Gasteiger partial charge on any atom is -0.353 e. The van der Waals surface area contributed by atoms with Gasteiger partial charge in [-0.1, -0.05) is 37.3 Å². The SMILES string of the molecule is CCc1ccccc1NC(=O)CNC(=S)Nc1cccc(C)c1C. The number of carbonyl (C=O) groups is 1. The smallest absolute Gasteiger partial charge is 0.243 e. The summed E-state index contributed by atoms with van der Waals surface area (Å²) in [7, 11) is 0. The lowest BCUT2D eigenvalue weighted by Crippen LogP contribution is -2.35. The summed E-state index contributed by atoms with van der Waals surface area (Å²) in [6, 6.07) is 13.8. The van der Waals surface area contributed by atoms with Crippen LogP contribution in [0.3, 0.4) is 0 Å². The van der Waals surface area contributed by atoms with E-state index in [1.54, 1.807) is 0 Å². The standard InChI is InChI=1S/C19H23N3OS/c1-4-15-9-5-6-10-17(15)21-18(23)12-20-19(24)22-16-11-7-8-13(2)14(16)3/h5-11H,4,12H2,1-3H3,(H,21,23)(H2,20,22,24). The quantitative estimate of drug-likeness (QED) is 0.724. The monoisotopic (exact) mass is 341 g/mol. The van der Waals surface area contributed by atoms with Crippen LogP contribution in [-0.2, 0) is 11.2 Å². The Kier molecular flexibility index (Phi) is 6.32. The van der Waals surface area contributed by atoms with Crippen molar-refractivity contribution in [2.24, 2.45) is 0 Å². The van der Waals surface area contributed by atoms with Crippen LogP contribution in [0.15, 0.2) is 42.5 Å². The maximum Gasteiger partial charge on any atom is 0.243 e. The molecule has 0 radical (unpaired) electrons. The van der Waals surface area contributed by atoms with Crippen molar-refractivity contribution in [2.45, 2.75) is 27.2 Å².